The van der Waals surface area contributed by atoms with Gasteiger partial charge in [-0.25, -0.2) is 0 Å². The number of hydrogen-bond acceptors (Lipinski definition) is 3. The predicted molar refractivity (Wildman–Crippen MR) is 117 cm³/mol. The van der Waals surface area contributed by atoms with Gasteiger partial charge >= 0.3 is 0 Å². The molecule has 6 heteroatoms. The van der Waals surface area contributed by atoms with Crippen molar-refractivity contribution in [2.75, 3.05) is 5.32 Å². The van der Waals surface area contributed by atoms with Gasteiger partial charge in [0, 0.05) is 17.8 Å². The number of carbonyl (C=O) groups excluding carboxylic acids is 1. The Morgan fingerprint density at radius 1 is 1.07 bits per heavy atom. The third-order valence-corrected chi connectivity index (χ3v) is 7.85. The van der Waals surface area contributed by atoms with Crippen molar-refractivity contribution in [1.29, 1.82) is 0 Å². The minimum Gasteiger partial charge on any atom is -0.322 e. The molecule has 2 aromatic rings. The molecule has 0 unspecified atom stereocenters. The molecule has 30 heavy (non-hydrogen) atoms. The Morgan fingerprint density at radius 2 is 1.70 bits per heavy atom. The van der Waals surface area contributed by atoms with E-state index in [1.807, 2.05) is 13.0 Å². The fourth-order valence-electron chi connectivity index (χ4n) is 6.59. The molecule has 0 heterocycles. The molecule has 0 saturated heterocycles. The molecule has 5 nitrogen and oxygen atoms in total. The summed E-state index contributed by atoms with van der Waals surface area (Å²) in [4.78, 5) is 23.1. The summed E-state index contributed by atoms with van der Waals surface area (Å²) in [5.74, 6) is 2.31. The minimum atomic E-state index is -0.527. The standard InChI is InChI=1S/C24H25ClN2O3/c1-14-6-18(24-11-15-7-16(12-24)9-17(8-15)13-24)2-5-22(14)26-23(28)20-4-3-19(27(29)30)10-21(20)25/h2-6,10,15-17H,7-9,11-13H2,1H3,(H,26,28). The molecule has 0 spiro atoms. The van der Waals surface area contributed by atoms with Gasteiger partial charge in [0.1, 0.15) is 0 Å². The summed E-state index contributed by atoms with van der Waals surface area (Å²) in [5, 5.41) is 13.9. The fraction of sp³-hybridized carbons (Fsp3) is 0.458. The zero-order valence-electron chi connectivity index (χ0n) is 17.0. The van der Waals surface area contributed by atoms with Crippen LogP contribution in [0.1, 0.15) is 60.0 Å². The number of nitrogens with one attached hydrogen (secondary N) is 1. The Labute approximate surface area is 181 Å². The number of hydrogen-bond donors (Lipinski definition) is 1. The first kappa shape index (κ1) is 19.6. The summed E-state index contributed by atoms with van der Waals surface area (Å²) in [6.45, 7) is 2.02. The molecule has 0 radical (unpaired) electrons. The van der Waals surface area contributed by atoms with E-state index in [1.165, 1.54) is 62.3 Å². The van der Waals surface area contributed by atoms with Crippen LogP contribution < -0.4 is 5.32 Å². The summed E-state index contributed by atoms with van der Waals surface area (Å²) in [7, 11) is 0. The number of nitro benzene ring substituents is 1. The second-order valence-electron chi connectivity index (χ2n) is 9.60. The van der Waals surface area contributed by atoms with Crippen LogP contribution in [0.3, 0.4) is 0 Å². The number of halogens is 1. The van der Waals surface area contributed by atoms with E-state index in [2.05, 4.69) is 17.4 Å². The first-order chi connectivity index (χ1) is 14.3. The highest BCUT2D eigenvalue weighted by Gasteiger charge is 2.51. The van der Waals surface area contributed by atoms with E-state index in [9.17, 15) is 14.9 Å². The number of anilines is 1. The fourth-order valence-corrected chi connectivity index (χ4v) is 6.85. The second kappa shape index (κ2) is 7.09. The molecule has 0 aromatic heterocycles. The normalized spacial score (nSPS) is 29.1. The van der Waals surface area contributed by atoms with Gasteiger partial charge in [-0.3, -0.25) is 14.9 Å². The van der Waals surface area contributed by atoms with Crippen molar-refractivity contribution in [3.63, 3.8) is 0 Å². The van der Waals surface area contributed by atoms with Crippen LogP contribution >= 0.6 is 11.6 Å². The van der Waals surface area contributed by atoms with Crippen LogP contribution in [0.2, 0.25) is 5.02 Å². The largest absolute Gasteiger partial charge is 0.322 e. The third kappa shape index (κ3) is 3.29. The van der Waals surface area contributed by atoms with E-state index in [-0.39, 0.29) is 22.2 Å². The lowest BCUT2D eigenvalue weighted by Gasteiger charge is -2.57. The average Bonchev–Trinajstić information content (AvgIpc) is 2.68. The Morgan fingerprint density at radius 3 is 2.23 bits per heavy atom. The Balaban J connectivity index is 1.37. The monoisotopic (exact) mass is 424 g/mol. The highest BCUT2D eigenvalue weighted by Crippen LogP contribution is 2.60. The summed E-state index contributed by atoms with van der Waals surface area (Å²) in [6, 6.07) is 10.3. The lowest BCUT2D eigenvalue weighted by molar-refractivity contribution is -0.384. The summed E-state index contributed by atoms with van der Waals surface area (Å²) >= 11 is 6.11. The van der Waals surface area contributed by atoms with Crippen molar-refractivity contribution in [3.8, 4) is 0 Å². The molecule has 156 valence electrons. The lowest BCUT2D eigenvalue weighted by atomic mass is 9.48. The molecule has 1 amide bonds. The number of carbonyl (C=O) groups is 1. The number of nitrogens with zero attached hydrogens (tertiary/aromatic N) is 1. The molecule has 0 atom stereocenters. The van der Waals surface area contributed by atoms with Gasteiger partial charge in [-0.15, -0.1) is 0 Å². The number of nitro groups is 1. The van der Waals surface area contributed by atoms with E-state index < -0.39 is 4.92 Å². The van der Waals surface area contributed by atoms with Gasteiger partial charge < -0.3 is 5.32 Å². The Bertz CT molecular complexity index is 1010. The van der Waals surface area contributed by atoms with E-state index in [4.69, 9.17) is 11.6 Å². The average molecular weight is 425 g/mol. The number of aryl methyl sites for hydroxylation is 1. The van der Waals surface area contributed by atoms with Gasteiger partial charge in [0.15, 0.2) is 0 Å². The molecule has 2 aromatic carbocycles. The Hall–Kier alpha value is -2.40. The first-order valence-corrected chi connectivity index (χ1v) is 11.1. The molecule has 6 rings (SSSR count). The summed E-state index contributed by atoms with van der Waals surface area (Å²) in [5.41, 5.74) is 3.63. The van der Waals surface area contributed by atoms with Crippen LogP contribution in [-0.2, 0) is 5.41 Å². The van der Waals surface area contributed by atoms with E-state index >= 15 is 0 Å². The van der Waals surface area contributed by atoms with Crippen molar-refractivity contribution in [3.05, 3.63) is 68.2 Å². The van der Waals surface area contributed by atoms with Gasteiger partial charge in [-0.05, 0) is 91.9 Å². The van der Waals surface area contributed by atoms with Crippen LogP contribution in [0.5, 0.6) is 0 Å². The number of non-ortho nitro benzene ring substituents is 1. The molecule has 0 aliphatic heterocycles. The quantitative estimate of drug-likeness (QED) is 0.463. The van der Waals surface area contributed by atoms with E-state index in [1.54, 1.807) is 0 Å². The van der Waals surface area contributed by atoms with E-state index in [0.717, 1.165) is 29.0 Å². The van der Waals surface area contributed by atoms with Gasteiger partial charge in [0.2, 0.25) is 0 Å². The first-order valence-electron chi connectivity index (χ1n) is 10.7. The van der Waals surface area contributed by atoms with Crippen molar-refractivity contribution in [2.24, 2.45) is 17.8 Å². The number of amides is 1. The minimum absolute atomic E-state index is 0.0736. The molecular weight excluding hydrogens is 400 g/mol. The van der Waals surface area contributed by atoms with Gasteiger partial charge in [0.25, 0.3) is 11.6 Å². The van der Waals surface area contributed by atoms with Crippen LogP contribution in [0.15, 0.2) is 36.4 Å². The third-order valence-electron chi connectivity index (χ3n) is 7.53. The predicted octanol–water partition coefficient (Wildman–Crippen LogP) is 6.28. The Kier molecular flexibility index (Phi) is 4.62. The maximum Gasteiger partial charge on any atom is 0.270 e. The summed E-state index contributed by atoms with van der Waals surface area (Å²) < 4.78 is 0. The van der Waals surface area contributed by atoms with Gasteiger partial charge in [0.05, 0.1) is 15.5 Å². The topological polar surface area (TPSA) is 72.2 Å². The second-order valence-corrected chi connectivity index (χ2v) is 10.0. The van der Waals surface area contributed by atoms with E-state index in [0.29, 0.717) is 5.41 Å². The highest BCUT2D eigenvalue weighted by molar-refractivity contribution is 6.34. The smallest absolute Gasteiger partial charge is 0.270 e. The van der Waals surface area contributed by atoms with Gasteiger partial charge in [-0.1, -0.05) is 23.7 Å². The molecule has 4 fully saturated rings. The van der Waals surface area contributed by atoms with Crippen LogP contribution in [0.4, 0.5) is 11.4 Å². The summed E-state index contributed by atoms with van der Waals surface area (Å²) in [6.07, 6.45) is 8.18. The molecule has 4 bridgehead atoms. The van der Waals surface area contributed by atoms with Crippen LogP contribution in [0.25, 0.3) is 0 Å². The maximum absolute atomic E-state index is 12.7. The SMILES string of the molecule is Cc1cc(C23CC4CC(CC(C4)C2)C3)ccc1NC(=O)c1ccc([N+](=O)[O-])cc1Cl. The van der Waals surface area contributed by atoms with Crippen molar-refractivity contribution < 1.29 is 9.72 Å². The van der Waals surface area contributed by atoms with Crippen molar-refractivity contribution in [2.45, 2.75) is 50.9 Å². The van der Waals surface area contributed by atoms with Crippen molar-refractivity contribution in [1.82, 2.24) is 0 Å². The van der Waals surface area contributed by atoms with Crippen molar-refractivity contribution >= 4 is 28.9 Å². The molecule has 4 aliphatic carbocycles. The molecule has 4 aliphatic rings. The highest BCUT2D eigenvalue weighted by atomic mass is 35.5. The maximum atomic E-state index is 12.7. The van der Waals surface area contributed by atoms with Crippen LogP contribution in [0, 0.1) is 34.8 Å². The number of benzene rings is 2. The number of rotatable bonds is 4. The lowest BCUT2D eigenvalue weighted by Crippen LogP contribution is -2.48. The molecule has 4 saturated carbocycles. The van der Waals surface area contributed by atoms with Crippen LogP contribution in [-0.4, -0.2) is 10.8 Å². The zero-order valence-corrected chi connectivity index (χ0v) is 17.7. The van der Waals surface area contributed by atoms with Gasteiger partial charge in [-0.2, -0.15) is 0 Å². The molecule has 1 N–H and O–H groups in total. The molecular formula is C24H25ClN2O3. The zero-order chi connectivity index (χ0) is 21.0.